The van der Waals surface area contributed by atoms with Crippen LogP contribution in [0, 0.1) is 6.92 Å². The van der Waals surface area contributed by atoms with Crippen molar-refractivity contribution in [2.75, 3.05) is 0 Å². The van der Waals surface area contributed by atoms with E-state index >= 15 is 0 Å². The molecule has 1 aromatic rings. The van der Waals surface area contributed by atoms with Gasteiger partial charge in [0.15, 0.2) is 0 Å². The van der Waals surface area contributed by atoms with Crippen LogP contribution in [0.5, 0.6) is 0 Å². The fraction of sp³-hybridized carbons (Fsp3) is 0.500. The van der Waals surface area contributed by atoms with Gasteiger partial charge in [0.25, 0.3) is 0 Å². The third-order valence-electron chi connectivity index (χ3n) is 2.14. The maximum atomic E-state index is 10.3. The standard InChI is InChI=1S/C10H15NO2S/c1-7-4-5-14-9(7)6-8(11)2-3-10(12)13/h4-5,8H,2-3,6,11H2,1H3,(H,12,13). The Morgan fingerprint density at radius 3 is 2.93 bits per heavy atom. The van der Waals surface area contributed by atoms with Crippen molar-refractivity contribution in [3.8, 4) is 0 Å². The van der Waals surface area contributed by atoms with Gasteiger partial charge in [-0.1, -0.05) is 0 Å². The number of aryl methyl sites for hydroxylation is 1. The van der Waals surface area contributed by atoms with Gasteiger partial charge in [-0.25, -0.2) is 0 Å². The Labute approximate surface area is 87.6 Å². The Kier molecular flexibility index (Phi) is 4.10. The summed E-state index contributed by atoms with van der Waals surface area (Å²) in [7, 11) is 0. The number of carboxylic acids is 1. The third-order valence-corrected chi connectivity index (χ3v) is 3.19. The van der Waals surface area contributed by atoms with Crippen molar-refractivity contribution in [1.82, 2.24) is 0 Å². The summed E-state index contributed by atoms with van der Waals surface area (Å²) in [5, 5.41) is 10.5. The molecule has 1 aromatic heterocycles. The van der Waals surface area contributed by atoms with E-state index in [2.05, 4.69) is 13.0 Å². The summed E-state index contributed by atoms with van der Waals surface area (Å²) in [5.41, 5.74) is 7.08. The molecule has 3 N–H and O–H groups in total. The number of carbonyl (C=O) groups is 1. The van der Waals surface area contributed by atoms with Crippen LogP contribution in [-0.4, -0.2) is 17.1 Å². The molecule has 4 heteroatoms. The fourth-order valence-corrected chi connectivity index (χ4v) is 2.26. The molecule has 0 aliphatic rings. The van der Waals surface area contributed by atoms with E-state index in [1.54, 1.807) is 11.3 Å². The molecule has 0 aliphatic carbocycles. The zero-order valence-corrected chi connectivity index (χ0v) is 9.01. The molecule has 0 bridgehead atoms. The summed E-state index contributed by atoms with van der Waals surface area (Å²) in [4.78, 5) is 11.6. The SMILES string of the molecule is Cc1ccsc1CC(N)CCC(=O)O. The normalized spacial score (nSPS) is 12.7. The molecule has 0 saturated carbocycles. The van der Waals surface area contributed by atoms with Crippen LogP contribution < -0.4 is 5.73 Å². The molecule has 78 valence electrons. The summed E-state index contributed by atoms with van der Waals surface area (Å²) >= 11 is 1.68. The summed E-state index contributed by atoms with van der Waals surface area (Å²) in [6, 6.07) is 2.02. The van der Waals surface area contributed by atoms with E-state index in [0.717, 1.165) is 6.42 Å². The minimum Gasteiger partial charge on any atom is -0.481 e. The van der Waals surface area contributed by atoms with E-state index in [4.69, 9.17) is 10.8 Å². The lowest BCUT2D eigenvalue weighted by atomic mass is 10.1. The van der Waals surface area contributed by atoms with Crippen molar-refractivity contribution >= 4 is 17.3 Å². The predicted octanol–water partition coefficient (Wildman–Crippen LogP) is 1.79. The lowest BCUT2D eigenvalue weighted by molar-refractivity contribution is -0.137. The molecule has 0 amide bonds. The van der Waals surface area contributed by atoms with Crippen molar-refractivity contribution in [3.63, 3.8) is 0 Å². The molecule has 1 unspecified atom stereocenters. The number of aliphatic carboxylic acids is 1. The minimum atomic E-state index is -0.775. The highest BCUT2D eigenvalue weighted by atomic mass is 32.1. The van der Waals surface area contributed by atoms with Crippen LogP contribution in [0.15, 0.2) is 11.4 Å². The topological polar surface area (TPSA) is 63.3 Å². The Balaban J connectivity index is 2.37. The zero-order valence-electron chi connectivity index (χ0n) is 8.19. The second-order valence-electron chi connectivity index (χ2n) is 3.42. The smallest absolute Gasteiger partial charge is 0.303 e. The van der Waals surface area contributed by atoms with Crippen molar-refractivity contribution in [1.29, 1.82) is 0 Å². The third kappa shape index (κ3) is 3.47. The molecular weight excluding hydrogens is 198 g/mol. The average Bonchev–Trinajstić information content (AvgIpc) is 2.49. The van der Waals surface area contributed by atoms with Crippen LogP contribution >= 0.6 is 11.3 Å². The number of thiophene rings is 1. The largest absolute Gasteiger partial charge is 0.481 e. The van der Waals surface area contributed by atoms with Gasteiger partial charge in [-0.3, -0.25) is 4.79 Å². The van der Waals surface area contributed by atoms with E-state index < -0.39 is 5.97 Å². The molecule has 1 rings (SSSR count). The highest BCUT2D eigenvalue weighted by molar-refractivity contribution is 7.10. The summed E-state index contributed by atoms with van der Waals surface area (Å²) < 4.78 is 0. The second-order valence-corrected chi connectivity index (χ2v) is 4.42. The number of rotatable bonds is 5. The average molecular weight is 213 g/mol. The van der Waals surface area contributed by atoms with Gasteiger partial charge >= 0.3 is 5.97 Å². The van der Waals surface area contributed by atoms with Crippen molar-refractivity contribution < 1.29 is 9.90 Å². The van der Waals surface area contributed by atoms with Gasteiger partial charge in [0.2, 0.25) is 0 Å². The molecule has 3 nitrogen and oxygen atoms in total. The first kappa shape index (κ1) is 11.2. The van der Waals surface area contributed by atoms with Gasteiger partial charge in [-0.2, -0.15) is 0 Å². The van der Waals surface area contributed by atoms with Crippen LogP contribution in [0.1, 0.15) is 23.3 Å². The first-order valence-electron chi connectivity index (χ1n) is 4.60. The van der Waals surface area contributed by atoms with Crippen LogP contribution in [-0.2, 0) is 11.2 Å². The summed E-state index contributed by atoms with van der Waals surface area (Å²) in [5.74, 6) is -0.775. The first-order valence-corrected chi connectivity index (χ1v) is 5.48. The van der Waals surface area contributed by atoms with Crippen LogP contribution in [0.3, 0.4) is 0 Å². The number of nitrogens with two attached hydrogens (primary N) is 1. The molecule has 14 heavy (non-hydrogen) atoms. The van der Waals surface area contributed by atoms with Crippen LogP contribution in [0.2, 0.25) is 0 Å². The van der Waals surface area contributed by atoms with E-state index in [1.807, 2.05) is 5.38 Å². The molecule has 0 spiro atoms. The van der Waals surface area contributed by atoms with Gasteiger partial charge in [0.05, 0.1) is 0 Å². The zero-order chi connectivity index (χ0) is 10.6. The second kappa shape index (κ2) is 5.12. The maximum absolute atomic E-state index is 10.3. The van der Waals surface area contributed by atoms with E-state index in [-0.39, 0.29) is 12.5 Å². The Morgan fingerprint density at radius 2 is 2.43 bits per heavy atom. The van der Waals surface area contributed by atoms with Gasteiger partial charge in [0, 0.05) is 17.3 Å². The monoisotopic (exact) mass is 213 g/mol. The van der Waals surface area contributed by atoms with E-state index in [1.165, 1.54) is 10.4 Å². The van der Waals surface area contributed by atoms with Gasteiger partial charge in [-0.05, 0) is 36.8 Å². The molecule has 1 atom stereocenters. The van der Waals surface area contributed by atoms with E-state index in [9.17, 15) is 4.79 Å². The number of hydrogen-bond acceptors (Lipinski definition) is 3. The van der Waals surface area contributed by atoms with Gasteiger partial charge < -0.3 is 10.8 Å². The Bertz CT molecular complexity index is 309. The van der Waals surface area contributed by atoms with Gasteiger partial charge in [-0.15, -0.1) is 11.3 Å². The highest BCUT2D eigenvalue weighted by Gasteiger charge is 2.09. The van der Waals surface area contributed by atoms with Crippen LogP contribution in [0.4, 0.5) is 0 Å². The summed E-state index contributed by atoms with van der Waals surface area (Å²) in [6.07, 6.45) is 1.50. The maximum Gasteiger partial charge on any atom is 0.303 e. The Morgan fingerprint density at radius 1 is 1.71 bits per heavy atom. The molecule has 0 aromatic carbocycles. The molecular formula is C10H15NO2S. The molecule has 0 aliphatic heterocycles. The van der Waals surface area contributed by atoms with E-state index in [0.29, 0.717) is 6.42 Å². The Hall–Kier alpha value is -0.870. The predicted molar refractivity (Wildman–Crippen MR) is 57.6 cm³/mol. The number of carboxylic acid groups (broad SMARTS) is 1. The van der Waals surface area contributed by atoms with Gasteiger partial charge in [0.1, 0.15) is 0 Å². The lowest BCUT2D eigenvalue weighted by Crippen LogP contribution is -2.23. The van der Waals surface area contributed by atoms with Crippen molar-refractivity contribution in [2.45, 2.75) is 32.2 Å². The molecule has 0 radical (unpaired) electrons. The van der Waals surface area contributed by atoms with Crippen molar-refractivity contribution in [2.24, 2.45) is 5.73 Å². The fourth-order valence-electron chi connectivity index (χ4n) is 1.26. The molecule has 0 saturated heterocycles. The van der Waals surface area contributed by atoms with Crippen molar-refractivity contribution in [3.05, 3.63) is 21.9 Å². The molecule has 1 heterocycles. The quantitative estimate of drug-likeness (QED) is 0.783. The summed E-state index contributed by atoms with van der Waals surface area (Å²) in [6.45, 7) is 2.05. The van der Waals surface area contributed by atoms with Crippen LogP contribution in [0.25, 0.3) is 0 Å². The minimum absolute atomic E-state index is 0.0385. The highest BCUT2D eigenvalue weighted by Crippen LogP contribution is 2.17. The molecule has 0 fully saturated rings. The lowest BCUT2D eigenvalue weighted by Gasteiger charge is -2.09. The first-order chi connectivity index (χ1) is 6.59. The number of hydrogen-bond donors (Lipinski definition) is 2.